The Morgan fingerprint density at radius 1 is 0.917 bits per heavy atom. The number of hydrogen-bond donors (Lipinski definition) is 0. The Morgan fingerprint density at radius 3 is 1.88 bits per heavy atom. The standard InChI is InChI=1S/C21H21NO2/c1-3-15-14-16(4-2)21-13-9-8-12-20(15,21)18(23)22(19(21)24)17-10-6-5-7-11-17/h3-11,15-16H,1-2,12-14H2/t15-,16+,20+,21-. The minimum Gasteiger partial charge on any atom is -0.273 e. The number of imide groups is 1. The Kier molecular flexibility index (Phi) is 3.17. The van der Waals surface area contributed by atoms with E-state index in [1.807, 2.05) is 42.5 Å². The number of carbonyl (C=O) groups excluding carboxylic acids is 2. The zero-order chi connectivity index (χ0) is 16.9. The maximum atomic E-state index is 13.6. The van der Waals surface area contributed by atoms with Crippen molar-refractivity contribution in [3.63, 3.8) is 0 Å². The van der Waals surface area contributed by atoms with Crippen LogP contribution in [-0.4, -0.2) is 11.8 Å². The lowest BCUT2D eigenvalue weighted by molar-refractivity contribution is -0.135. The second-order valence-corrected chi connectivity index (χ2v) is 7.02. The first-order valence-corrected chi connectivity index (χ1v) is 8.47. The summed E-state index contributed by atoms with van der Waals surface area (Å²) in [5, 5.41) is 0. The van der Waals surface area contributed by atoms with E-state index in [2.05, 4.69) is 25.3 Å². The molecule has 2 fully saturated rings. The minimum absolute atomic E-state index is 0.00406. The largest absolute Gasteiger partial charge is 0.273 e. The number of amides is 2. The van der Waals surface area contributed by atoms with Gasteiger partial charge in [0.2, 0.25) is 11.8 Å². The van der Waals surface area contributed by atoms with Crippen LogP contribution in [0.1, 0.15) is 19.3 Å². The molecule has 1 aromatic rings. The van der Waals surface area contributed by atoms with Crippen molar-refractivity contribution in [2.45, 2.75) is 19.3 Å². The van der Waals surface area contributed by atoms with Crippen LogP contribution in [0.2, 0.25) is 0 Å². The minimum atomic E-state index is -0.713. The molecule has 3 nitrogen and oxygen atoms in total. The van der Waals surface area contributed by atoms with E-state index in [1.54, 1.807) is 0 Å². The molecule has 0 radical (unpaired) electrons. The zero-order valence-electron chi connectivity index (χ0n) is 13.7. The highest BCUT2D eigenvalue weighted by Crippen LogP contribution is 2.70. The van der Waals surface area contributed by atoms with E-state index < -0.39 is 10.8 Å². The third-order valence-electron chi connectivity index (χ3n) is 6.37. The second kappa shape index (κ2) is 5.04. The van der Waals surface area contributed by atoms with Gasteiger partial charge in [0.15, 0.2) is 0 Å². The number of nitrogens with zero attached hydrogens (tertiary/aromatic N) is 1. The molecule has 24 heavy (non-hydrogen) atoms. The van der Waals surface area contributed by atoms with Crippen LogP contribution >= 0.6 is 0 Å². The van der Waals surface area contributed by atoms with E-state index in [4.69, 9.17) is 0 Å². The smallest absolute Gasteiger partial charge is 0.242 e. The predicted molar refractivity (Wildman–Crippen MR) is 94.2 cm³/mol. The van der Waals surface area contributed by atoms with Crippen LogP contribution in [0.3, 0.4) is 0 Å². The molecule has 2 aliphatic carbocycles. The van der Waals surface area contributed by atoms with Crippen LogP contribution in [0.25, 0.3) is 0 Å². The molecule has 1 aromatic carbocycles. The van der Waals surface area contributed by atoms with E-state index in [-0.39, 0.29) is 23.7 Å². The lowest BCUT2D eigenvalue weighted by atomic mass is 9.56. The van der Waals surface area contributed by atoms with Crippen molar-refractivity contribution in [1.82, 2.24) is 0 Å². The van der Waals surface area contributed by atoms with Gasteiger partial charge in [-0.1, -0.05) is 42.5 Å². The first-order valence-electron chi connectivity index (χ1n) is 8.47. The highest BCUT2D eigenvalue weighted by molar-refractivity contribution is 6.26. The van der Waals surface area contributed by atoms with Crippen LogP contribution in [0.15, 0.2) is 67.8 Å². The van der Waals surface area contributed by atoms with Crippen molar-refractivity contribution in [1.29, 1.82) is 0 Å². The van der Waals surface area contributed by atoms with E-state index in [1.165, 1.54) is 4.90 Å². The summed E-state index contributed by atoms with van der Waals surface area (Å²) in [7, 11) is 0. The monoisotopic (exact) mass is 319 g/mol. The fourth-order valence-corrected chi connectivity index (χ4v) is 5.31. The topological polar surface area (TPSA) is 37.4 Å². The van der Waals surface area contributed by atoms with Crippen LogP contribution < -0.4 is 4.90 Å². The maximum absolute atomic E-state index is 13.6. The summed E-state index contributed by atoms with van der Waals surface area (Å²) >= 11 is 0. The van der Waals surface area contributed by atoms with Gasteiger partial charge in [0, 0.05) is 0 Å². The van der Waals surface area contributed by atoms with Crippen molar-refractivity contribution in [2.24, 2.45) is 22.7 Å². The maximum Gasteiger partial charge on any atom is 0.242 e. The first kappa shape index (κ1) is 15.1. The number of rotatable bonds is 3. The summed E-state index contributed by atoms with van der Waals surface area (Å²) in [4.78, 5) is 28.6. The number of anilines is 1. The number of carbonyl (C=O) groups is 2. The van der Waals surface area contributed by atoms with E-state index in [9.17, 15) is 9.59 Å². The van der Waals surface area contributed by atoms with E-state index in [0.717, 1.165) is 6.42 Å². The fourth-order valence-electron chi connectivity index (χ4n) is 5.31. The SMILES string of the molecule is C=C[C@@H]1C[C@H](C=C)[C@@]23CC=CC[C@@]12C(=O)N(c1ccccc1)C3=O. The van der Waals surface area contributed by atoms with Gasteiger partial charge in [-0.15, -0.1) is 13.2 Å². The molecular formula is C21H21NO2. The van der Waals surface area contributed by atoms with Crippen molar-refractivity contribution in [3.05, 3.63) is 67.8 Å². The summed E-state index contributed by atoms with van der Waals surface area (Å²) in [6, 6.07) is 9.26. The van der Waals surface area contributed by atoms with Gasteiger partial charge < -0.3 is 0 Å². The second-order valence-electron chi connectivity index (χ2n) is 7.02. The lowest BCUT2D eigenvalue weighted by Crippen LogP contribution is -2.47. The van der Waals surface area contributed by atoms with Gasteiger partial charge in [0.1, 0.15) is 0 Å². The van der Waals surface area contributed by atoms with Gasteiger partial charge in [-0.25, -0.2) is 4.90 Å². The fraction of sp³-hybridized carbons (Fsp3) is 0.333. The average Bonchev–Trinajstić information content (AvgIpc) is 3.04. The van der Waals surface area contributed by atoms with Gasteiger partial charge in [0.25, 0.3) is 0 Å². The molecule has 0 spiro atoms. The highest BCUT2D eigenvalue weighted by Gasteiger charge is 2.76. The van der Waals surface area contributed by atoms with Crippen molar-refractivity contribution in [3.8, 4) is 0 Å². The number of allylic oxidation sites excluding steroid dienone is 4. The van der Waals surface area contributed by atoms with Crippen molar-refractivity contribution < 1.29 is 9.59 Å². The molecule has 4 rings (SSSR count). The van der Waals surface area contributed by atoms with Crippen molar-refractivity contribution >= 4 is 17.5 Å². The third-order valence-corrected chi connectivity index (χ3v) is 6.37. The van der Waals surface area contributed by atoms with Crippen LogP contribution in [-0.2, 0) is 9.59 Å². The molecule has 0 aromatic heterocycles. The molecule has 1 heterocycles. The molecule has 122 valence electrons. The Hall–Kier alpha value is -2.42. The Balaban J connectivity index is 1.96. The Labute approximate surface area is 142 Å². The van der Waals surface area contributed by atoms with Gasteiger partial charge >= 0.3 is 0 Å². The van der Waals surface area contributed by atoms with Gasteiger partial charge in [0.05, 0.1) is 16.5 Å². The molecule has 3 aliphatic rings. The number of para-hydroxylation sites is 1. The predicted octanol–water partition coefficient (Wildman–Crippen LogP) is 3.89. The summed E-state index contributed by atoms with van der Waals surface area (Å²) in [5.74, 6) is -0.152. The Morgan fingerprint density at radius 2 is 1.42 bits per heavy atom. The molecule has 1 aliphatic heterocycles. The molecule has 3 heteroatoms. The molecule has 0 N–H and O–H groups in total. The quantitative estimate of drug-likeness (QED) is 0.626. The van der Waals surface area contributed by atoms with Gasteiger partial charge in [-0.2, -0.15) is 0 Å². The summed E-state index contributed by atoms with van der Waals surface area (Å²) < 4.78 is 0. The summed E-state index contributed by atoms with van der Waals surface area (Å²) in [6.45, 7) is 7.94. The first-order chi connectivity index (χ1) is 11.6. The van der Waals surface area contributed by atoms with Crippen molar-refractivity contribution in [2.75, 3.05) is 4.90 Å². The van der Waals surface area contributed by atoms with E-state index >= 15 is 0 Å². The summed E-state index contributed by atoms with van der Waals surface area (Å²) in [6.07, 6.45) is 9.83. The molecule has 1 saturated carbocycles. The normalized spacial score (nSPS) is 37.2. The number of benzene rings is 1. The Bertz CT molecular complexity index is 721. The molecule has 0 unspecified atom stereocenters. The summed E-state index contributed by atoms with van der Waals surface area (Å²) in [5.41, 5.74) is -0.766. The van der Waals surface area contributed by atoms with Gasteiger partial charge in [-0.05, 0) is 43.2 Å². The van der Waals surface area contributed by atoms with Crippen LogP contribution in [0, 0.1) is 22.7 Å². The molecular weight excluding hydrogens is 298 g/mol. The number of hydrogen-bond acceptors (Lipinski definition) is 2. The molecule has 2 amide bonds. The molecule has 4 atom stereocenters. The zero-order valence-corrected chi connectivity index (χ0v) is 13.7. The van der Waals surface area contributed by atoms with Gasteiger partial charge in [-0.3, -0.25) is 9.59 Å². The average molecular weight is 319 g/mol. The van der Waals surface area contributed by atoms with Crippen LogP contribution in [0.5, 0.6) is 0 Å². The lowest BCUT2D eigenvalue weighted by Gasteiger charge is -2.41. The van der Waals surface area contributed by atoms with E-state index in [0.29, 0.717) is 18.5 Å². The molecule has 1 saturated heterocycles. The highest BCUT2D eigenvalue weighted by atomic mass is 16.2. The van der Waals surface area contributed by atoms with Crippen LogP contribution in [0.4, 0.5) is 5.69 Å². The molecule has 0 bridgehead atoms. The third kappa shape index (κ3) is 1.48.